The molecule has 0 aliphatic carbocycles. The van der Waals surface area contributed by atoms with E-state index in [9.17, 15) is 4.79 Å². The lowest BCUT2D eigenvalue weighted by atomic mass is 10.1. The molecule has 0 fully saturated rings. The van der Waals surface area contributed by atoms with Crippen LogP contribution in [-0.2, 0) is 0 Å². The molecule has 0 spiro atoms. The molecule has 0 bridgehead atoms. The van der Waals surface area contributed by atoms with Crippen LogP contribution in [0.5, 0.6) is 0 Å². The Kier molecular flexibility index (Phi) is 5.45. The van der Waals surface area contributed by atoms with Crippen LogP contribution in [0.25, 0.3) is 0 Å². The van der Waals surface area contributed by atoms with E-state index in [0.29, 0.717) is 17.1 Å². The lowest BCUT2D eigenvalue weighted by Gasteiger charge is -2.14. The van der Waals surface area contributed by atoms with E-state index in [1.54, 1.807) is 31.2 Å². The summed E-state index contributed by atoms with van der Waals surface area (Å²) >= 11 is 5.03. The van der Waals surface area contributed by atoms with Crippen LogP contribution in [0.15, 0.2) is 35.4 Å². The highest BCUT2D eigenvalue weighted by molar-refractivity contribution is 7.80. The molecule has 0 aliphatic heterocycles. The van der Waals surface area contributed by atoms with Gasteiger partial charge in [-0.2, -0.15) is 5.10 Å². The third-order valence-electron chi connectivity index (χ3n) is 2.34. The molecule has 0 aliphatic rings. The zero-order chi connectivity index (χ0) is 13.5. The van der Waals surface area contributed by atoms with Gasteiger partial charge in [-0.15, -0.1) is 0 Å². The predicted molar refractivity (Wildman–Crippen MR) is 77.9 cm³/mol. The van der Waals surface area contributed by atoms with Gasteiger partial charge < -0.3 is 5.32 Å². The summed E-state index contributed by atoms with van der Waals surface area (Å²) in [5, 5.41) is 9.12. The quantitative estimate of drug-likeness (QED) is 0.391. The molecule has 96 valence electrons. The summed E-state index contributed by atoms with van der Waals surface area (Å²) < 4.78 is 0. The Hall–Kier alpha value is -1.75. The Morgan fingerprint density at radius 3 is 2.56 bits per heavy atom. The van der Waals surface area contributed by atoms with Gasteiger partial charge in [0.25, 0.3) is 0 Å². The summed E-state index contributed by atoms with van der Waals surface area (Å²) in [7, 11) is 3.48. The van der Waals surface area contributed by atoms with E-state index in [1.165, 1.54) is 0 Å². The zero-order valence-electron chi connectivity index (χ0n) is 10.8. The fourth-order valence-electron chi connectivity index (χ4n) is 1.46. The fraction of sp³-hybridized carbons (Fsp3) is 0.308. The number of benzene rings is 1. The summed E-state index contributed by atoms with van der Waals surface area (Å²) in [4.78, 5) is 11.9. The average molecular weight is 263 g/mol. The van der Waals surface area contributed by atoms with Crippen molar-refractivity contribution in [3.05, 3.63) is 35.9 Å². The first kappa shape index (κ1) is 14.3. The molecule has 1 aromatic rings. The number of carbonyl (C=O) groups is 1. The third kappa shape index (κ3) is 4.25. The van der Waals surface area contributed by atoms with Crippen molar-refractivity contribution in [2.75, 3.05) is 14.1 Å². The van der Waals surface area contributed by atoms with Crippen molar-refractivity contribution in [3.63, 3.8) is 0 Å². The highest BCUT2D eigenvalue weighted by atomic mass is 32.1. The van der Waals surface area contributed by atoms with E-state index >= 15 is 0 Å². The van der Waals surface area contributed by atoms with Crippen molar-refractivity contribution in [1.29, 1.82) is 0 Å². The van der Waals surface area contributed by atoms with Crippen LogP contribution in [0.1, 0.15) is 23.7 Å². The molecule has 0 amide bonds. The van der Waals surface area contributed by atoms with Crippen molar-refractivity contribution in [2.45, 2.75) is 13.3 Å². The van der Waals surface area contributed by atoms with Crippen molar-refractivity contribution in [1.82, 2.24) is 10.3 Å². The molecule has 0 aromatic heterocycles. The Morgan fingerprint density at radius 1 is 1.39 bits per heavy atom. The molecule has 1 rings (SSSR count). The van der Waals surface area contributed by atoms with Gasteiger partial charge in [-0.05, 0) is 19.1 Å². The number of hydrogen-bond acceptors (Lipinski definition) is 3. The molecule has 5 heteroatoms. The van der Waals surface area contributed by atoms with Gasteiger partial charge >= 0.3 is 0 Å². The van der Waals surface area contributed by atoms with Crippen LogP contribution < -0.4 is 5.32 Å². The minimum atomic E-state index is 0.0561. The standard InChI is InChI=1S/C13H17N3OS/c1-10(15-16(3)13(18)14-2)9-12(17)11-7-5-4-6-8-11/h4-8H,9H2,1-3H3,(H,14,18)/b15-10+. The number of hydrazone groups is 1. The van der Waals surface area contributed by atoms with E-state index in [4.69, 9.17) is 12.2 Å². The van der Waals surface area contributed by atoms with E-state index in [-0.39, 0.29) is 5.78 Å². The maximum atomic E-state index is 11.9. The van der Waals surface area contributed by atoms with Crippen molar-refractivity contribution in [3.8, 4) is 0 Å². The Labute approximate surface area is 113 Å². The van der Waals surface area contributed by atoms with Crippen LogP contribution in [0.4, 0.5) is 0 Å². The molecule has 0 atom stereocenters. The topological polar surface area (TPSA) is 44.7 Å². The van der Waals surface area contributed by atoms with E-state index in [0.717, 1.165) is 5.71 Å². The Morgan fingerprint density at radius 2 is 2.00 bits per heavy atom. The number of carbonyl (C=O) groups excluding carboxylic acids is 1. The van der Waals surface area contributed by atoms with Crippen LogP contribution >= 0.6 is 12.2 Å². The zero-order valence-corrected chi connectivity index (χ0v) is 11.6. The molecule has 4 nitrogen and oxygen atoms in total. The molecular formula is C13H17N3OS. The van der Waals surface area contributed by atoms with Gasteiger partial charge in [-0.3, -0.25) is 4.79 Å². The summed E-state index contributed by atoms with van der Waals surface area (Å²) in [6.45, 7) is 1.82. The Balaban J connectivity index is 2.65. The maximum absolute atomic E-state index is 11.9. The maximum Gasteiger partial charge on any atom is 0.189 e. The molecule has 0 saturated carbocycles. The molecule has 18 heavy (non-hydrogen) atoms. The second-order valence-electron chi connectivity index (χ2n) is 3.88. The number of thiocarbonyl (C=S) groups is 1. The normalized spacial score (nSPS) is 10.9. The van der Waals surface area contributed by atoms with Gasteiger partial charge in [0.05, 0.1) is 6.42 Å². The van der Waals surface area contributed by atoms with Crippen LogP contribution in [-0.4, -0.2) is 35.7 Å². The predicted octanol–water partition coefficient (Wildman–Crippen LogP) is 2.07. The molecular weight excluding hydrogens is 246 g/mol. The molecule has 0 heterocycles. The summed E-state index contributed by atoms with van der Waals surface area (Å²) in [6, 6.07) is 9.19. The van der Waals surface area contributed by atoms with Gasteiger partial charge in [0.2, 0.25) is 0 Å². The monoisotopic (exact) mass is 263 g/mol. The first-order valence-electron chi connectivity index (χ1n) is 5.62. The minimum absolute atomic E-state index is 0.0561. The fourth-order valence-corrected chi connectivity index (χ4v) is 1.50. The lowest BCUT2D eigenvalue weighted by molar-refractivity contribution is 0.1000. The molecule has 0 saturated heterocycles. The number of hydrogen-bond donors (Lipinski definition) is 1. The van der Waals surface area contributed by atoms with E-state index < -0.39 is 0 Å². The summed E-state index contributed by atoms with van der Waals surface area (Å²) in [5.41, 5.74) is 1.43. The van der Waals surface area contributed by atoms with E-state index in [2.05, 4.69) is 10.4 Å². The highest BCUT2D eigenvalue weighted by Gasteiger charge is 2.08. The lowest BCUT2D eigenvalue weighted by Crippen LogP contribution is -2.31. The number of ketones is 1. The van der Waals surface area contributed by atoms with Crippen molar-refractivity contribution < 1.29 is 4.79 Å². The van der Waals surface area contributed by atoms with Crippen LogP contribution in [0, 0.1) is 0 Å². The van der Waals surface area contributed by atoms with Crippen molar-refractivity contribution >= 4 is 28.8 Å². The molecule has 1 N–H and O–H groups in total. The van der Waals surface area contributed by atoms with Crippen LogP contribution in [0.3, 0.4) is 0 Å². The Bertz CT molecular complexity index is 457. The molecule has 0 radical (unpaired) electrons. The van der Waals surface area contributed by atoms with Gasteiger partial charge in [-0.25, -0.2) is 5.01 Å². The van der Waals surface area contributed by atoms with Gasteiger partial charge in [0.1, 0.15) is 0 Å². The number of nitrogens with zero attached hydrogens (tertiary/aromatic N) is 2. The first-order valence-corrected chi connectivity index (χ1v) is 6.03. The van der Waals surface area contributed by atoms with Gasteiger partial charge in [0, 0.05) is 25.4 Å². The highest BCUT2D eigenvalue weighted by Crippen LogP contribution is 2.04. The number of Topliss-reactive ketones (excluding diaryl/α,β-unsaturated/α-hetero) is 1. The smallest absolute Gasteiger partial charge is 0.189 e. The van der Waals surface area contributed by atoms with Gasteiger partial charge in [0.15, 0.2) is 10.9 Å². The molecule has 1 aromatic carbocycles. The SMILES string of the molecule is CNC(=S)N(C)/N=C(\C)CC(=O)c1ccccc1. The summed E-state index contributed by atoms with van der Waals surface area (Å²) in [5.74, 6) is 0.0561. The second-order valence-corrected chi connectivity index (χ2v) is 4.27. The van der Waals surface area contributed by atoms with Crippen molar-refractivity contribution in [2.24, 2.45) is 5.10 Å². The van der Waals surface area contributed by atoms with E-state index in [1.807, 2.05) is 25.1 Å². The third-order valence-corrected chi connectivity index (χ3v) is 2.81. The van der Waals surface area contributed by atoms with Crippen LogP contribution in [0.2, 0.25) is 0 Å². The number of nitrogens with one attached hydrogen (secondary N) is 1. The average Bonchev–Trinajstić information content (AvgIpc) is 2.38. The largest absolute Gasteiger partial charge is 0.364 e. The van der Waals surface area contributed by atoms with Gasteiger partial charge in [-0.1, -0.05) is 30.3 Å². The minimum Gasteiger partial charge on any atom is -0.364 e. The first-order chi connectivity index (χ1) is 8.54. The molecule has 0 unspecified atom stereocenters. The summed E-state index contributed by atoms with van der Waals surface area (Å²) in [6.07, 6.45) is 0.292. The second kappa shape index (κ2) is 6.86. The number of rotatable bonds is 4.